The molecule has 1 saturated heterocycles. The Labute approximate surface area is 238 Å². The lowest BCUT2D eigenvalue weighted by molar-refractivity contribution is -0.152. The second-order valence-corrected chi connectivity index (χ2v) is 9.50. The molecule has 4 rings (SSSR count). The number of nitrogens with zero attached hydrogens (tertiary/aromatic N) is 1. The van der Waals surface area contributed by atoms with Crippen LogP contribution in [-0.2, 0) is 48.4 Å². The third kappa shape index (κ3) is 8.28. The van der Waals surface area contributed by atoms with E-state index in [9.17, 15) is 19.2 Å². The summed E-state index contributed by atoms with van der Waals surface area (Å²) in [6.45, 7) is -0.0847. The normalized spacial score (nSPS) is 17.1. The fraction of sp³-hybridized carbons (Fsp3) is 0.250. The van der Waals surface area contributed by atoms with Crippen LogP contribution >= 0.6 is 0 Å². The number of carbonyl (C=O) groups is 4. The van der Waals surface area contributed by atoms with E-state index < -0.39 is 35.9 Å². The highest BCUT2D eigenvalue weighted by atomic mass is 16.6. The molecule has 1 N–H and O–H groups in total. The maximum atomic E-state index is 13.5. The fourth-order valence-corrected chi connectivity index (χ4v) is 4.53. The van der Waals surface area contributed by atoms with Gasteiger partial charge in [-0.3, -0.25) is 14.5 Å². The summed E-state index contributed by atoms with van der Waals surface area (Å²) in [6.07, 6.45) is 0.291. The molecular formula is C32H32N2O7. The van der Waals surface area contributed by atoms with E-state index in [-0.39, 0.29) is 32.8 Å². The topological polar surface area (TPSA) is 111 Å². The minimum Gasteiger partial charge on any atom is -0.461 e. The fourth-order valence-electron chi connectivity index (χ4n) is 4.53. The van der Waals surface area contributed by atoms with Crippen molar-refractivity contribution in [3.63, 3.8) is 0 Å². The van der Waals surface area contributed by atoms with Gasteiger partial charge in [-0.1, -0.05) is 91.0 Å². The first-order valence-corrected chi connectivity index (χ1v) is 13.2. The number of carbonyl (C=O) groups excluding carboxylic acids is 4. The van der Waals surface area contributed by atoms with Crippen LogP contribution < -0.4 is 5.32 Å². The molecule has 0 spiro atoms. The lowest BCUT2D eigenvalue weighted by Gasteiger charge is -2.25. The molecule has 2 atom stereocenters. The number of nitrogens with one attached hydrogen (secondary N) is 1. The van der Waals surface area contributed by atoms with E-state index in [2.05, 4.69) is 5.32 Å². The van der Waals surface area contributed by atoms with E-state index in [1.807, 2.05) is 91.0 Å². The number of benzene rings is 3. The summed E-state index contributed by atoms with van der Waals surface area (Å²) in [6, 6.07) is 26.2. The van der Waals surface area contributed by atoms with Gasteiger partial charge in [-0.05, 0) is 22.3 Å². The SMILES string of the molecule is CNC(=O)C=C1CN(C(=O)OCc2ccccc2)[C@H](C(=O)OCc2ccccc2)[C@H]1CC(=O)OCc1ccccc1. The molecule has 3 aromatic carbocycles. The summed E-state index contributed by atoms with van der Waals surface area (Å²) in [4.78, 5) is 53.3. The van der Waals surface area contributed by atoms with Crippen LogP contribution in [0.2, 0.25) is 0 Å². The van der Waals surface area contributed by atoms with E-state index >= 15 is 0 Å². The van der Waals surface area contributed by atoms with Crippen molar-refractivity contribution in [3.05, 3.63) is 119 Å². The predicted molar refractivity (Wildman–Crippen MR) is 150 cm³/mol. The van der Waals surface area contributed by atoms with Crippen molar-refractivity contribution in [3.8, 4) is 0 Å². The van der Waals surface area contributed by atoms with Gasteiger partial charge in [-0.2, -0.15) is 0 Å². The first kappa shape index (κ1) is 29.1. The summed E-state index contributed by atoms with van der Waals surface area (Å²) in [5.74, 6) is -2.59. The lowest BCUT2D eigenvalue weighted by Crippen LogP contribution is -2.45. The van der Waals surface area contributed by atoms with Crippen molar-refractivity contribution in [2.45, 2.75) is 32.3 Å². The van der Waals surface area contributed by atoms with E-state index in [1.165, 1.54) is 18.0 Å². The molecule has 41 heavy (non-hydrogen) atoms. The van der Waals surface area contributed by atoms with Crippen LogP contribution in [0.15, 0.2) is 103 Å². The van der Waals surface area contributed by atoms with Crippen LogP contribution in [0.1, 0.15) is 23.1 Å². The average Bonchev–Trinajstić information content (AvgIpc) is 3.36. The monoisotopic (exact) mass is 556 g/mol. The largest absolute Gasteiger partial charge is 0.461 e. The lowest BCUT2D eigenvalue weighted by atomic mass is 9.91. The number of likely N-dealkylation sites (tertiary alicyclic amines) is 1. The number of hydrogen-bond acceptors (Lipinski definition) is 7. The molecule has 2 amide bonds. The number of esters is 2. The van der Waals surface area contributed by atoms with Crippen LogP contribution in [0, 0.1) is 5.92 Å². The van der Waals surface area contributed by atoms with Gasteiger partial charge in [0.1, 0.15) is 25.9 Å². The van der Waals surface area contributed by atoms with Crippen molar-refractivity contribution in [1.29, 1.82) is 0 Å². The molecule has 0 bridgehead atoms. The number of likely N-dealkylation sites (N-methyl/N-ethyl adjacent to an activating group) is 1. The number of ether oxygens (including phenoxy) is 3. The van der Waals surface area contributed by atoms with Crippen LogP contribution in [0.3, 0.4) is 0 Å². The van der Waals surface area contributed by atoms with Gasteiger partial charge in [0.2, 0.25) is 5.91 Å². The van der Waals surface area contributed by atoms with Crippen molar-refractivity contribution in [2.75, 3.05) is 13.6 Å². The summed E-state index contributed by atoms with van der Waals surface area (Å²) in [5, 5.41) is 2.51. The molecule has 9 nitrogen and oxygen atoms in total. The Morgan fingerprint density at radius 3 is 1.76 bits per heavy atom. The second-order valence-electron chi connectivity index (χ2n) is 9.50. The van der Waals surface area contributed by atoms with Gasteiger partial charge in [-0.15, -0.1) is 0 Å². The standard InChI is InChI=1S/C32H32N2O7/c1-33-28(35)17-26-19-34(32(38)41-22-25-15-9-4-10-16-25)30(31(37)40-21-24-13-7-3-8-14-24)27(26)18-29(36)39-20-23-11-5-2-6-12-23/h2-17,27,30H,18-22H2,1H3,(H,33,35)/t27-,30-/m0/s1. The highest BCUT2D eigenvalue weighted by molar-refractivity contribution is 5.90. The molecule has 0 aromatic heterocycles. The maximum Gasteiger partial charge on any atom is 0.411 e. The van der Waals surface area contributed by atoms with E-state index in [4.69, 9.17) is 14.2 Å². The summed E-state index contributed by atoms with van der Waals surface area (Å²) in [7, 11) is 1.47. The Bertz CT molecular complexity index is 1360. The zero-order chi connectivity index (χ0) is 29.0. The number of amides is 2. The van der Waals surface area contributed by atoms with Crippen LogP contribution in [-0.4, -0.2) is 48.5 Å². The van der Waals surface area contributed by atoms with E-state index in [1.54, 1.807) is 0 Å². The van der Waals surface area contributed by atoms with Crippen LogP contribution in [0.25, 0.3) is 0 Å². The first-order valence-electron chi connectivity index (χ1n) is 13.2. The molecule has 1 aliphatic heterocycles. The highest BCUT2D eigenvalue weighted by Gasteiger charge is 2.47. The molecule has 0 unspecified atom stereocenters. The molecule has 1 heterocycles. The number of hydrogen-bond donors (Lipinski definition) is 1. The van der Waals surface area contributed by atoms with Crippen LogP contribution in [0.5, 0.6) is 0 Å². The number of rotatable bonds is 10. The Morgan fingerprint density at radius 1 is 0.756 bits per heavy atom. The summed E-state index contributed by atoms with van der Waals surface area (Å²) < 4.78 is 16.6. The smallest absolute Gasteiger partial charge is 0.411 e. The highest BCUT2D eigenvalue weighted by Crippen LogP contribution is 2.34. The van der Waals surface area contributed by atoms with Gasteiger partial charge in [0.05, 0.1) is 6.42 Å². The minimum absolute atomic E-state index is 0.0137. The summed E-state index contributed by atoms with van der Waals surface area (Å²) in [5.41, 5.74) is 2.75. The van der Waals surface area contributed by atoms with Gasteiger partial charge < -0.3 is 19.5 Å². The maximum absolute atomic E-state index is 13.5. The molecular weight excluding hydrogens is 524 g/mol. The van der Waals surface area contributed by atoms with Gasteiger partial charge in [0.25, 0.3) is 0 Å². The molecule has 212 valence electrons. The Kier molecular flexibility index (Phi) is 10.3. The molecule has 0 aliphatic carbocycles. The van der Waals surface area contributed by atoms with Crippen molar-refractivity contribution in [2.24, 2.45) is 5.92 Å². The molecule has 9 heteroatoms. The van der Waals surface area contributed by atoms with Gasteiger partial charge >= 0.3 is 18.0 Å². The van der Waals surface area contributed by atoms with Gasteiger partial charge in [0, 0.05) is 25.6 Å². The molecule has 1 fully saturated rings. The Balaban J connectivity index is 1.57. The Hall–Kier alpha value is -4.92. The quantitative estimate of drug-likeness (QED) is 0.227. The average molecular weight is 557 g/mol. The third-order valence-corrected chi connectivity index (χ3v) is 6.64. The molecule has 0 saturated carbocycles. The molecule has 1 aliphatic rings. The van der Waals surface area contributed by atoms with Gasteiger partial charge in [-0.25, -0.2) is 9.59 Å². The third-order valence-electron chi connectivity index (χ3n) is 6.64. The summed E-state index contributed by atoms with van der Waals surface area (Å²) >= 11 is 0. The van der Waals surface area contributed by atoms with Crippen LogP contribution in [0.4, 0.5) is 4.79 Å². The predicted octanol–water partition coefficient (Wildman–Crippen LogP) is 4.17. The van der Waals surface area contributed by atoms with E-state index in [0.29, 0.717) is 5.57 Å². The zero-order valence-electron chi connectivity index (χ0n) is 22.7. The Morgan fingerprint density at radius 2 is 1.24 bits per heavy atom. The zero-order valence-corrected chi connectivity index (χ0v) is 22.7. The molecule has 3 aromatic rings. The van der Waals surface area contributed by atoms with Crippen molar-refractivity contribution >= 4 is 23.9 Å². The van der Waals surface area contributed by atoms with Crippen molar-refractivity contribution in [1.82, 2.24) is 10.2 Å². The first-order chi connectivity index (χ1) is 19.9. The van der Waals surface area contributed by atoms with E-state index in [0.717, 1.165) is 16.7 Å². The molecule has 0 radical (unpaired) electrons. The second kappa shape index (κ2) is 14.5. The van der Waals surface area contributed by atoms with Gasteiger partial charge in [0.15, 0.2) is 0 Å². The minimum atomic E-state index is -1.21. The van der Waals surface area contributed by atoms with Crippen molar-refractivity contribution < 1.29 is 33.4 Å².